The van der Waals surface area contributed by atoms with Crippen molar-refractivity contribution in [3.05, 3.63) is 24.3 Å². The van der Waals surface area contributed by atoms with Crippen LogP contribution in [0.5, 0.6) is 0 Å². The van der Waals surface area contributed by atoms with Gasteiger partial charge < -0.3 is 15.8 Å². The molecule has 1 amide bonds. The lowest BCUT2D eigenvalue weighted by Gasteiger charge is -2.13. The van der Waals surface area contributed by atoms with E-state index in [1.54, 1.807) is 24.3 Å². The summed E-state index contributed by atoms with van der Waals surface area (Å²) in [5.74, 6) is -2.68. The lowest BCUT2D eigenvalue weighted by molar-refractivity contribution is -0.126. The van der Waals surface area contributed by atoms with Crippen molar-refractivity contribution in [3.8, 4) is 0 Å². The number of halogens is 2. The quantitative estimate of drug-likeness (QED) is 0.820. The van der Waals surface area contributed by atoms with Gasteiger partial charge in [0.05, 0.1) is 6.10 Å². The molecule has 1 aromatic rings. The van der Waals surface area contributed by atoms with Crippen molar-refractivity contribution in [1.82, 2.24) is 0 Å². The minimum Gasteiger partial charge on any atom is -0.364 e. The van der Waals surface area contributed by atoms with Crippen molar-refractivity contribution < 1.29 is 18.3 Å². The zero-order chi connectivity index (χ0) is 14.5. The molecule has 0 saturated carbocycles. The van der Waals surface area contributed by atoms with Crippen LogP contribution in [-0.4, -0.2) is 30.4 Å². The van der Waals surface area contributed by atoms with E-state index in [9.17, 15) is 13.6 Å². The maximum absolute atomic E-state index is 12.2. The molecule has 1 heterocycles. The molecule has 1 aliphatic heterocycles. The Kier molecular flexibility index (Phi) is 5.33. The first-order chi connectivity index (χ1) is 9.58. The van der Waals surface area contributed by atoms with Crippen LogP contribution in [0.15, 0.2) is 29.2 Å². The average molecular weight is 302 g/mol. The van der Waals surface area contributed by atoms with Gasteiger partial charge in [0, 0.05) is 17.1 Å². The fraction of sp³-hybridized carbons (Fsp3) is 0.462. The topological polar surface area (TPSA) is 64.4 Å². The third-order valence-corrected chi connectivity index (χ3v) is 3.73. The van der Waals surface area contributed by atoms with Gasteiger partial charge in [-0.1, -0.05) is 11.8 Å². The number of rotatable bonds is 5. The molecule has 0 radical (unpaired) electrons. The minimum atomic E-state index is -2.45. The minimum absolute atomic E-state index is 0.0597. The number of nitrogens with one attached hydrogen (secondary N) is 1. The van der Waals surface area contributed by atoms with Crippen LogP contribution in [0.1, 0.15) is 12.8 Å². The molecular formula is C13H16F2N2O2S. The first kappa shape index (κ1) is 15.2. The van der Waals surface area contributed by atoms with Crippen LogP contribution in [-0.2, 0) is 9.53 Å². The van der Waals surface area contributed by atoms with E-state index in [0.717, 1.165) is 6.42 Å². The highest BCUT2D eigenvalue weighted by Gasteiger charge is 2.29. The van der Waals surface area contributed by atoms with Crippen molar-refractivity contribution in [1.29, 1.82) is 0 Å². The van der Waals surface area contributed by atoms with Crippen LogP contribution in [0, 0.1) is 0 Å². The number of thioether (sulfide) groups is 1. The second-order valence-corrected chi connectivity index (χ2v) is 5.52. The van der Waals surface area contributed by atoms with Gasteiger partial charge in [-0.05, 0) is 37.1 Å². The van der Waals surface area contributed by atoms with Gasteiger partial charge in [0.1, 0.15) is 6.10 Å². The maximum atomic E-state index is 12.2. The van der Waals surface area contributed by atoms with Crippen molar-refractivity contribution in [2.45, 2.75) is 35.7 Å². The van der Waals surface area contributed by atoms with E-state index >= 15 is 0 Å². The first-order valence-electron chi connectivity index (χ1n) is 6.29. The van der Waals surface area contributed by atoms with Crippen LogP contribution < -0.4 is 11.1 Å². The van der Waals surface area contributed by atoms with Crippen LogP contribution >= 0.6 is 11.8 Å². The molecular weight excluding hydrogens is 286 g/mol. The Morgan fingerprint density at radius 3 is 2.65 bits per heavy atom. The monoisotopic (exact) mass is 302 g/mol. The Bertz CT molecular complexity index is 456. The number of ether oxygens (including phenoxy) is 1. The molecule has 110 valence electrons. The van der Waals surface area contributed by atoms with Crippen LogP contribution in [0.4, 0.5) is 14.5 Å². The smallest absolute Gasteiger partial charge is 0.288 e. The van der Waals surface area contributed by atoms with E-state index in [1.807, 2.05) is 0 Å². The highest BCUT2D eigenvalue weighted by Crippen LogP contribution is 2.26. The summed E-state index contributed by atoms with van der Waals surface area (Å²) in [6.45, 7) is 0.406. The number of carbonyl (C=O) groups is 1. The molecule has 1 fully saturated rings. The molecule has 2 rings (SSSR count). The van der Waals surface area contributed by atoms with Gasteiger partial charge in [-0.15, -0.1) is 0 Å². The summed E-state index contributed by atoms with van der Waals surface area (Å²) in [6, 6.07) is 6.28. The van der Waals surface area contributed by atoms with Crippen molar-refractivity contribution in [2.24, 2.45) is 5.73 Å². The zero-order valence-corrected chi connectivity index (χ0v) is 11.5. The number of hydrogen-bond donors (Lipinski definition) is 2. The van der Waals surface area contributed by atoms with Gasteiger partial charge in [0.2, 0.25) is 0 Å². The van der Waals surface area contributed by atoms with E-state index in [2.05, 4.69) is 5.32 Å². The zero-order valence-electron chi connectivity index (χ0n) is 10.7. The normalized spacial score (nSPS) is 22.2. The largest absolute Gasteiger partial charge is 0.364 e. The van der Waals surface area contributed by atoms with E-state index in [0.29, 0.717) is 35.3 Å². The van der Waals surface area contributed by atoms with Crippen LogP contribution in [0.3, 0.4) is 0 Å². The summed E-state index contributed by atoms with van der Waals surface area (Å²) in [5.41, 5.74) is 6.05. The van der Waals surface area contributed by atoms with Gasteiger partial charge in [-0.3, -0.25) is 4.79 Å². The van der Waals surface area contributed by atoms with Crippen molar-refractivity contribution in [2.75, 3.05) is 11.9 Å². The Morgan fingerprint density at radius 1 is 1.40 bits per heavy atom. The molecule has 7 heteroatoms. The van der Waals surface area contributed by atoms with Gasteiger partial charge in [0.15, 0.2) is 0 Å². The number of benzene rings is 1. The fourth-order valence-electron chi connectivity index (χ4n) is 2.01. The summed E-state index contributed by atoms with van der Waals surface area (Å²) < 4.78 is 29.8. The summed E-state index contributed by atoms with van der Waals surface area (Å²) in [6.07, 6.45) is 0.875. The SMILES string of the molecule is NCC1CCC(C(=O)Nc2ccc(SC(F)F)cc2)O1. The summed E-state index contributed by atoms with van der Waals surface area (Å²) in [7, 11) is 0. The molecule has 2 atom stereocenters. The van der Waals surface area contributed by atoms with E-state index in [-0.39, 0.29) is 12.0 Å². The van der Waals surface area contributed by atoms with E-state index < -0.39 is 11.9 Å². The Labute approximate surface area is 120 Å². The Morgan fingerprint density at radius 2 is 2.10 bits per heavy atom. The lowest BCUT2D eigenvalue weighted by Crippen LogP contribution is -2.29. The molecule has 0 bridgehead atoms. The highest BCUT2D eigenvalue weighted by atomic mass is 32.2. The Hall–Kier alpha value is -1.18. The summed E-state index contributed by atoms with van der Waals surface area (Å²) in [4.78, 5) is 12.4. The van der Waals surface area contributed by atoms with Crippen molar-refractivity contribution >= 4 is 23.4 Å². The van der Waals surface area contributed by atoms with E-state index in [1.165, 1.54) is 0 Å². The van der Waals surface area contributed by atoms with Crippen molar-refractivity contribution in [3.63, 3.8) is 0 Å². The number of hydrogen-bond acceptors (Lipinski definition) is 4. The van der Waals surface area contributed by atoms with Crippen LogP contribution in [0.25, 0.3) is 0 Å². The third kappa shape index (κ3) is 4.16. The second kappa shape index (κ2) is 7.01. The van der Waals surface area contributed by atoms with Gasteiger partial charge in [0.25, 0.3) is 11.7 Å². The van der Waals surface area contributed by atoms with Gasteiger partial charge in [-0.25, -0.2) is 0 Å². The predicted molar refractivity (Wildman–Crippen MR) is 73.9 cm³/mol. The molecule has 1 aromatic carbocycles. The number of alkyl halides is 2. The highest BCUT2D eigenvalue weighted by molar-refractivity contribution is 7.99. The molecule has 2 unspecified atom stereocenters. The molecule has 0 aromatic heterocycles. The summed E-state index contributed by atoms with van der Waals surface area (Å²) in [5, 5.41) is 2.71. The average Bonchev–Trinajstić information content (AvgIpc) is 2.89. The standard InChI is InChI=1S/C13H16F2N2O2S/c14-13(15)20-10-4-1-8(2-5-10)17-12(18)11-6-3-9(7-16)19-11/h1-2,4-5,9,11,13H,3,6-7,16H2,(H,17,18). The van der Waals surface area contributed by atoms with Gasteiger partial charge >= 0.3 is 0 Å². The molecule has 1 saturated heterocycles. The molecule has 1 aliphatic rings. The number of nitrogens with two attached hydrogens (primary N) is 1. The number of amides is 1. The van der Waals surface area contributed by atoms with Gasteiger partial charge in [-0.2, -0.15) is 8.78 Å². The number of carbonyl (C=O) groups excluding carboxylic acids is 1. The molecule has 0 aliphatic carbocycles. The molecule has 0 spiro atoms. The summed E-state index contributed by atoms with van der Waals surface area (Å²) >= 11 is 0.470. The third-order valence-electron chi connectivity index (χ3n) is 3.01. The second-order valence-electron chi connectivity index (χ2n) is 4.45. The number of anilines is 1. The van der Waals surface area contributed by atoms with Crippen LogP contribution in [0.2, 0.25) is 0 Å². The molecule has 4 nitrogen and oxygen atoms in total. The van der Waals surface area contributed by atoms with E-state index in [4.69, 9.17) is 10.5 Å². The molecule has 20 heavy (non-hydrogen) atoms. The maximum Gasteiger partial charge on any atom is 0.288 e. The molecule has 3 N–H and O–H groups in total. The predicted octanol–water partition coefficient (Wildman–Crippen LogP) is 2.45. The first-order valence-corrected chi connectivity index (χ1v) is 7.17. The Balaban J connectivity index is 1.88. The fourth-order valence-corrected chi connectivity index (χ4v) is 2.51. The lowest BCUT2D eigenvalue weighted by atomic mass is 10.2.